The molecular weight excluding hydrogens is 530 g/mol. The van der Waals surface area contributed by atoms with Crippen LogP contribution in [0.15, 0.2) is 60.1 Å². The number of aromatic amines is 1. The molecule has 228 valence electrons. The van der Waals surface area contributed by atoms with Crippen molar-refractivity contribution in [1.29, 1.82) is 0 Å². The van der Waals surface area contributed by atoms with Crippen LogP contribution in [0.5, 0.6) is 11.5 Å². The standard InChI is InChI=1S/C34H47N3O5/c35-34-23-26(14-18-37-34)27(22-28-7-4-17-36-28)16-20-42-33-21-25(11-13-32(33)41)10-12-31(40)29-8-3-6-24(15-19-38)5-1-2-9-30(29)39/h4,7,11,13-14,17,21,23-24,27,29-31,36-41H,1-2,5,8-10,12,15-16,18-20,22,35H2/t24-,27-,29+,30+,31-/m1/s1. The number of nitrogens with two attached hydrogens (primary N) is 1. The van der Waals surface area contributed by atoms with E-state index in [1.807, 2.05) is 30.5 Å². The van der Waals surface area contributed by atoms with E-state index in [2.05, 4.69) is 34.3 Å². The maximum Gasteiger partial charge on any atom is 0.161 e. The molecule has 8 N–H and O–H groups in total. The van der Waals surface area contributed by atoms with E-state index in [1.54, 1.807) is 6.07 Å². The Morgan fingerprint density at radius 2 is 2.00 bits per heavy atom. The van der Waals surface area contributed by atoms with Crippen LogP contribution in [0.3, 0.4) is 0 Å². The highest BCUT2D eigenvalue weighted by Gasteiger charge is 2.27. The Balaban J connectivity index is 1.34. The van der Waals surface area contributed by atoms with Crippen molar-refractivity contribution in [2.45, 2.75) is 76.4 Å². The van der Waals surface area contributed by atoms with E-state index >= 15 is 0 Å². The molecule has 5 atom stereocenters. The van der Waals surface area contributed by atoms with Gasteiger partial charge in [-0.05, 0) is 92.3 Å². The largest absolute Gasteiger partial charge is 0.504 e. The number of dihydropyridines is 1. The average Bonchev–Trinajstić information content (AvgIpc) is 3.50. The third kappa shape index (κ3) is 9.59. The molecule has 0 saturated carbocycles. The number of benzene rings is 1. The monoisotopic (exact) mass is 577 g/mol. The first-order chi connectivity index (χ1) is 20.4. The van der Waals surface area contributed by atoms with E-state index in [0.29, 0.717) is 56.8 Å². The third-order valence-corrected chi connectivity index (χ3v) is 8.46. The predicted molar refractivity (Wildman–Crippen MR) is 164 cm³/mol. The smallest absolute Gasteiger partial charge is 0.161 e. The topological polar surface area (TPSA) is 144 Å². The molecule has 1 aromatic heterocycles. The highest BCUT2D eigenvalue weighted by molar-refractivity contribution is 5.42. The van der Waals surface area contributed by atoms with Gasteiger partial charge in [0, 0.05) is 43.3 Å². The van der Waals surface area contributed by atoms with Gasteiger partial charge in [0.15, 0.2) is 11.5 Å². The maximum absolute atomic E-state index is 11.1. The van der Waals surface area contributed by atoms with Gasteiger partial charge in [-0.25, -0.2) is 0 Å². The van der Waals surface area contributed by atoms with E-state index in [4.69, 9.17) is 10.5 Å². The maximum atomic E-state index is 11.1. The average molecular weight is 578 g/mol. The van der Waals surface area contributed by atoms with Crippen LogP contribution < -0.4 is 15.8 Å². The summed E-state index contributed by atoms with van der Waals surface area (Å²) < 4.78 is 6.08. The summed E-state index contributed by atoms with van der Waals surface area (Å²) in [6, 6.07) is 9.39. The molecule has 0 bridgehead atoms. The fourth-order valence-corrected chi connectivity index (χ4v) is 5.93. The van der Waals surface area contributed by atoms with Crippen molar-refractivity contribution in [3.8, 4) is 23.3 Å². The highest BCUT2D eigenvalue weighted by Crippen LogP contribution is 2.30. The number of ether oxygens (including phenoxy) is 1. The van der Waals surface area contributed by atoms with Crippen LogP contribution >= 0.6 is 0 Å². The molecule has 0 fully saturated rings. The Hall–Kier alpha value is -3.38. The van der Waals surface area contributed by atoms with Gasteiger partial charge >= 0.3 is 0 Å². The van der Waals surface area contributed by atoms with Crippen LogP contribution in [-0.2, 0) is 12.8 Å². The van der Waals surface area contributed by atoms with Gasteiger partial charge in [-0.3, -0.25) is 0 Å². The van der Waals surface area contributed by atoms with Gasteiger partial charge in [-0.1, -0.05) is 30.9 Å². The molecule has 8 heteroatoms. The van der Waals surface area contributed by atoms with Crippen LogP contribution in [0.1, 0.15) is 62.6 Å². The molecule has 1 aliphatic heterocycles. The minimum atomic E-state index is -0.698. The molecule has 0 radical (unpaired) electrons. The summed E-state index contributed by atoms with van der Waals surface area (Å²) in [7, 11) is 0. The summed E-state index contributed by atoms with van der Waals surface area (Å²) in [4.78, 5) is 3.28. The molecule has 42 heavy (non-hydrogen) atoms. The van der Waals surface area contributed by atoms with Gasteiger partial charge in [0.05, 0.1) is 24.6 Å². The van der Waals surface area contributed by atoms with Crippen LogP contribution in [0.4, 0.5) is 0 Å². The van der Waals surface area contributed by atoms with Gasteiger partial charge in [-0.2, -0.15) is 0 Å². The van der Waals surface area contributed by atoms with Gasteiger partial charge in [0.2, 0.25) is 0 Å². The summed E-state index contributed by atoms with van der Waals surface area (Å²) in [6.45, 7) is 1.25. The van der Waals surface area contributed by atoms with Crippen molar-refractivity contribution in [3.63, 3.8) is 0 Å². The molecule has 0 amide bonds. The second kappa shape index (κ2) is 16.3. The zero-order chi connectivity index (χ0) is 29.7. The molecule has 0 unspecified atom stereocenters. The Bertz CT molecular complexity index is 1230. The van der Waals surface area contributed by atoms with E-state index in [1.165, 1.54) is 5.57 Å². The number of hydrogen-bond acceptors (Lipinski definition) is 7. The lowest BCUT2D eigenvalue weighted by atomic mass is 9.85. The zero-order valence-electron chi connectivity index (χ0n) is 24.5. The lowest BCUT2D eigenvalue weighted by Crippen LogP contribution is -2.32. The molecule has 2 aliphatic rings. The Morgan fingerprint density at radius 1 is 1.14 bits per heavy atom. The molecule has 0 saturated heterocycles. The Morgan fingerprint density at radius 3 is 2.79 bits per heavy atom. The molecule has 2 heterocycles. The number of phenols is 1. The molecule has 2 aromatic rings. The van der Waals surface area contributed by atoms with E-state index in [0.717, 1.165) is 43.4 Å². The predicted octanol–water partition coefficient (Wildman–Crippen LogP) is 3.91. The van der Waals surface area contributed by atoms with Gasteiger partial charge < -0.3 is 41.2 Å². The first-order valence-corrected chi connectivity index (χ1v) is 15.4. The van der Waals surface area contributed by atoms with Crippen molar-refractivity contribution in [2.75, 3.05) is 19.8 Å². The number of aryl methyl sites for hydroxylation is 1. The highest BCUT2D eigenvalue weighted by atomic mass is 16.5. The quantitative estimate of drug-likeness (QED) is 0.179. The molecule has 0 spiro atoms. The van der Waals surface area contributed by atoms with Crippen molar-refractivity contribution in [2.24, 2.45) is 23.5 Å². The second-order valence-electron chi connectivity index (χ2n) is 11.6. The fourth-order valence-electron chi connectivity index (χ4n) is 5.93. The second-order valence-corrected chi connectivity index (χ2v) is 11.6. The molecular formula is C34H47N3O5. The summed E-state index contributed by atoms with van der Waals surface area (Å²) in [5.41, 5.74) is 9.30. The van der Waals surface area contributed by atoms with Crippen molar-refractivity contribution >= 4 is 0 Å². The van der Waals surface area contributed by atoms with Crippen LogP contribution in [0, 0.1) is 29.6 Å². The number of hydrogen-bond donors (Lipinski definition) is 7. The van der Waals surface area contributed by atoms with Crippen LogP contribution in [0.2, 0.25) is 0 Å². The van der Waals surface area contributed by atoms with Gasteiger partial charge in [-0.15, -0.1) is 5.92 Å². The number of aliphatic hydroxyl groups is 3. The number of allylic oxidation sites excluding steroid dienone is 2. The third-order valence-electron chi connectivity index (χ3n) is 8.46. The summed E-state index contributed by atoms with van der Waals surface area (Å²) in [5, 5.41) is 44.8. The lowest BCUT2D eigenvalue weighted by Gasteiger charge is -2.27. The number of phenolic OH excluding ortho intramolecular Hbond substituents is 1. The molecule has 1 aliphatic carbocycles. The SMILES string of the molecule is NC1=CC([C@H](CCOc2cc(CC[C@@H](O)[C@H]3CC#C[C@H](CCO)CCCC[C@@H]3O)ccc2O)Cc2ccc[nH]2)=CCN1. The van der Waals surface area contributed by atoms with Crippen LogP contribution in [0.25, 0.3) is 0 Å². The molecule has 1 aromatic carbocycles. The summed E-state index contributed by atoms with van der Waals surface area (Å²) in [5.74, 6) is 7.67. The number of aromatic nitrogens is 1. The summed E-state index contributed by atoms with van der Waals surface area (Å²) >= 11 is 0. The Labute approximate surface area is 249 Å². The normalized spacial score (nSPS) is 22.5. The number of H-pyrrole nitrogens is 1. The number of nitrogens with one attached hydrogen (secondary N) is 2. The van der Waals surface area contributed by atoms with Crippen molar-refractivity contribution < 1.29 is 25.2 Å². The number of aliphatic hydroxyl groups excluding tert-OH is 3. The van der Waals surface area contributed by atoms with Crippen molar-refractivity contribution in [3.05, 3.63) is 71.3 Å². The van der Waals surface area contributed by atoms with E-state index in [9.17, 15) is 20.4 Å². The van der Waals surface area contributed by atoms with E-state index in [-0.39, 0.29) is 30.1 Å². The summed E-state index contributed by atoms with van der Waals surface area (Å²) in [6.07, 6.45) is 11.9. The first-order valence-electron chi connectivity index (χ1n) is 15.4. The fraction of sp³-hybridized carbons (Fsp3) is 0.529. The molecule has 8 nitrogen and oxygen atoms in total. The van der Waals surface area contributed by atoms with E-state index < -0.39 is 12.2 Å². The zero-order valence-corrected chi connectivity index (χ0v) is 24.5. The Kier molecular flexibility index (Phi) is 12.3. The van der Waals surface area contributed by atoms with Crippen molar-refractivity contribution in [1.82, 2.24) is 10.3 Å². The van der Waals surface area contributed by atoms with Crippen LogP contribution in [-0.4, -0.2) is 57.4 Å². The van der Waals surface area contributed by atoms with Gasteiger partial charge in [0.25, 0.3) is 0 Å². The minimum absolute atomic E-state index is 0.0842. The first kappa shape index (κ1) is 31.6. The number of rotatable bonds is 13. The number of aromatic hydroxyl groups is 1. The lowest BCUT2D eigenvalue weighted by molar-refractivity contribution is 0.00555. The molecule has 4 rings (SSSR count). The van der Waals surface area contributed by atoms with Gasteiger partial charge in [0.1, 0.15) is 0 Å². The minimum Gasteiger partial charge on any atom is -0.504 e.